The van der Waals surface area contributed by atoms with E-state index in [0.717, 1.165) is 29.7 Å². The summed E-state index contributed by atoms with van der Waals surface area (Å²) < 4.78 is 5.41. The highest BCUT2D eigenvalue weighted by molar-refractivity contribution is 5.43. The molecule has 1 aromatic carbocycles. The molecule has 96 valence electrons. The number of hydrogen-bond donors (Lipinski definition) is 2. The van der Waals surface area contributed by atoms with Gasteiger partial charge in [0.05, 0.1) is 7.11 Å². The second-order valence-electron chi connectivity index (χ2n) is 4.54. The third kappa shape index (κ3) is 3.72. The molecule has 0 aliphatic carbocycles. The van der Waals surface area contributed by atoms with Gasteiger partial charge in [-0.25, -0.2) is 0 Å². The van der Waals surface area contributed by atoms with Gasteiger partial charge in [-0.05, 0) is 37.8 Å². The molecule has 2 N–H and O–H groups in total. The van der Waals surface area contributed by atoms with E-state index in [4.69, 9.17) is 14.9 Å². The van der Waals surface area contributed by atoms with Gasteiger partial charge in [0, 0.05) is 19.1 Å². The highest BCUT2D eigenvalue weighted by Crippen LogP contribution is 2.27. The van der Waals surface area contributed by atoms with Crippen molar-refractivity contribution in [3.8, 4) is 5.75 Å². The fraction of sp³-hybridized carbons (Fsp3) is 0.571. The summed E-state index contributed by atoms with van der Waals surface area (Å²) in [4.78, 5) is 0. The Balaban J connectivity index is 2.82. The zero-order chi connectivity index (χ0) is 12.8. The van der Waals surface area contributed by atoms with E-state index in [0.29, 0.717) is 0 Å². The standard InChI is InChI=1S/C14H22O3/c1-10-6-11(2)14(17-3)13(7-10)5-4-12(8-15)9-16/h6-7,12,15-16H,4-5,8-9H2,1-3H3. The molecule has 0 aliphatic rings. The number of aliphatic hydroxyl groups excluding tert-OH is 2. The summed E-state index contributed by atoms with van der Waals surface area (Å²) in [6.45, 7) is 4.16. The lowest BCUT2D eigenvalue weighted by Gasteiger charge is -2.15. The van der Waals surface area contributed by atoms with Crippen LogP contribution < -0.4 is 4.74 Å². The molecule has 0 unspecified atom stereocenters. The summed E-state index contributed by atoms with van der Waals surface area (Å²) >= 11 is 0. The monoisotopic (exact) mass is 238 g/mol. The Morgan fingerprint density at radius 1 is 1.18 bits per heavy atom. The summed E-state index contributed by atoms with van der Waals surface area (Å²) in [7, 11) is 1.68. The molecule has 3 nitrogen and oxygen atoms in total. The number of aliphatic hydroxyl groups is 2. The minimum atomic E-state index is -0.0412. The molecule has 0 aromatic heterocycles. The van der Waals surface area contributed by atoms with E-state index in [-0.39, 0.29) is 19.1 Å². The summed E-state index contributed by atoms with van der Waals surface area (Å²) in [5, 5.41) is 18.1. The minimum Gasteiger partial charge on any atom is -0.496 e. The molecule has 0 heterocycles. The lowest BCUT2D eigenvalue weighted by atomic mass is 9.97. The van der Waals surface area contributed by atoms with Gasteiger partial charge in [-0.1, -0.05) is 17.7 Å². The van der Waals surface area contributed by atoms with Crippen molar-refractivity contribution in [1.82, 2.24) is 0 Å². The maximum atomic E-state index is 9.05. The molecule has 0 atom stereocenters. The van der Waals surface area contributed by atoms with Gasteiger partial charge in [-0.3, -0.25) is 0 Å². The highest BCUT2D eigenvalue weighted by Gasteiger charge is 2.11. The summed E-state index contributed by atoms with van der Waals surface area (Å²) in [5.74, 6) is 0.880. The van der Waals surface area contributed by atoms with Crippen molar-refractivity contribution >= 4 is 0 Å². The zero-order valence-electron chi connectivity index (χ0n) is 10.9. The Morgan fingerprint density at radius 3 is 2.35 bits per heavy atom. The van der Waals surface area contributed by atoms with Crippen LogP contribution in [0.25, 0.3) is 0 Å². The first-order valence-corrected chi connectivity index (χ1v) is 5.98. The number of rotatable bonds is 6. The van der Waals surface area contributed by atoms with Crippen molar-refractivity contribution in [2.45, 2.75) is 26.7 Å². The van der Waals surface area contributed by atoms with Crippen molar-refractivity contribution in [1.29, 1.82) is 0 Å². The van der Waals surface area contributed by atoms with Crippen molar-refractivity contribution in [2.75, 3.05) is 20.3 Å². The highest BCUT2D eigenvalue weighted by atomic mass is 16.5. The predicted octanol–water partition coefficient (Wildman–Crippen LogP) is 1.85. The second-order valence-corrected chi connectivity index (χ2v) is 4.54. The molecular formula is C14H22O3. The molecule has 0 saturated heterocycles. The van der Waals surface area contributed by atoms with Gasteiger partial charge in [0.2, 0.25) is 0 Å². The van der Waals surface area contributed by atoms with Crippen molar-refractivity contribution in [2.24, 2.45) is 5.92 Å². The van der Waals surface area contributed by atoms with Crippen molar-refractivity contribution < 1.29 is 14.9 Å². The summed E-state index contributed by atoms with van der Waals surface area (Å²) in [6, 6.07) is 4.20. The Kier molecular flexibility index (Phi) is 5.45. The molecule has 0 bridgehead atoms. The number of hydrogen-bond acceptors (Lipinski definition) is 3. The van der Waals surface area contributed by atoms with Crippen LogP contribution in [0.4, 0.5) is 0 Å². The van der Waals surface area contributed by atoms with Crippen LogP contribution in [0, 0.1) is 19.8 Å². The van der Waals surface area contributed by atoms with E-state index in [2.05, 4.69) is 19.1 Å². The van der Waals surface area contributed by atoms with Crippen molar-refractivity contribution in [3.05, 3.63) is 28.8 Å². The Bertz CT molecular complexity index is 357. The van der Waals surface area contributed by atoms with E-state index in [9.17, 15) is 0 Å². The fourth-order valence-electron chi connectivity index (χ4n) is 2.12. The maximum Gasteiger partial charge on any atom is 0.124 e. The normalized spacial score (nSPS) is 10.9. The van der Waals surface area contributed by atoms with Crippen LogP contribution >= 0.6 is 0 Å². The number of benzene rings is 1. The van der Waals surface area contributed by atoms with Crippen LogP contribution in [0.15, 0.2) is 12.1 Å². The first-order valence-electron chi connectivity index (χ1n) is 5.98. The number of methoxy groups -OCH3 is 1. The molecule has 17 heavy (non-hydrogen) atoms. The Hall–Kier alpha value is -1.06. The lowest BCUT2D eigenvalue weighted by Crippen LogP contribution is -2.12. The Morgan fingerprint density at radius 2 is 1.82 bits per heavy atom. The van der Waals surface area contributed by atoms with Crippen LogP contribution in [0.2, 0.25) is 0 Å². The van der Waals surface area contributed by atoms with Gasteiger partial charge in [-0.15, -0.1) is 0 Å². The van der Waals surface area contributed by atoms with Crippen LogP contribution in [0.5, 0.6) is 5.75 Å². The molecule has 1 rings (SSSR count). The van der Waals surface area contributed by atoms with E-state index in [1.54, 1.807) is 7.11 Å². The third-order valence-corrected chi connectivity index (χ3v) is 3.04. The van der Waals surface area contributed by atoms with E-state index in [1.165, 1.54) is 5.56 Å². The van der Waals surface area contributed by atoms with Crippen LogP contribution in [-0.2, 0) is 6.42 Å². The van der Waals surface area contributed by atoms with Crippen LogP contribution in [-0.4, -0.2) is 30.5 Å². The predicted molar refractivity (Wildman–Crippen MR) is 68.5 cm³/mol. The van der Waals surface area contributed by atoms with E-state index >= 15 is 0 Å². The van der Waals surface area contributed by atoms with Gasteiger partial charge in [0.1, 0.15) is 5.75 Å². The van der Waals surface area contributed by atoms with Gasteiger partial charge in [0.25, 0.3) is 0 Å². The molecule has 0 aliphatic heterocycles. The maximum absolute atomic E-state index is 9.05. The van der Waals surface area contributed by atoms with Crippen LogP contribution in [0.3, 0.4) is 0 Å². The smallest absolute Gasteiger partial charge is 0.124 e. The fourth-order valence-corrected chi connectivity index (χ4v) is 2.12. The third-order valence-electron chi connectivity index (χ3n) is 3.04. The quantitative estimate of drug-likeness (QED) is 0.795. The van der Waals surface area contributed by atoms with Gasteiger partial charge < -0.3 is 14.9 Å². The molecule has 0 spiro atoms. The van der Waals surface area contributed by atoms with E-state index < -0.39 is 0 Å². The molecule has 0 saturated carbocycles. The average molecular weight is 238 g/mol. The molecule has 3 heteroatoms. The lowest BCUT2D eigenvalue weighted by molar-refractivity contribution is 0.144. The largest absolute Gasteiger partial charge is 0.496 e. The molecule has 1 aromatic rings. The number of ether oxygens (including phenoxy) is 1. The van der Waals surface area contributed by atoms with Crippen LogP contribution in [0.1, 0.15) is 23.1 Å². The van der Waals surface area contributed by atoms with E-state index in [1.807, 2.05) is 6.92 Å². The molecule has 0 fully saturated rings. The summed E-state index contributed by atoms with van der Waals surface area (Å²) in [6.07, 6.45) is 1.59. The molecular weight excluding hydrogens is 216 g/mol. The first kappa shape index (κ1) is 14.0. The molecule has 0 amide bonds. The summed E-state index contributed by atoms with van der Waals surface area (Å²) in [5.41, 5.74) is 3.49. The van der Waals surface area contributed by atoms with Crippen molar-refractivity contribution in [3.63, 3.8) is 0 Å². The molecule has 0 radical (unpaired) electrons. The minimum absolute atomic E-state index is 0.0314. The number of aryl methyl sites for hydroxylation is 3. The SMILES string of the molecule is COc1c(C)cc(C)cc1CCC(CO)CO. The second kappa shape index (κ2) is 6.62. The van der Waals surface area contributed by atoms with Gasteiger partial charge in [-0.2, -0.15) is 0 Å². The first-order chi connectivity index (χ1) is 8.12. The van der Waals surface area contributed by atoms with Gasteiger partial charge in [0.15, 0.2) is 0 Å². The average Bonchev–Trinajstić information content (AvgIpc) is 2.29. The topological polar surface area (TPSA) is 49.7 Å². The Labute approximate surface area is 103 Å². The zero-order valence-corrected chi connectivity index (χ0v) is 10.9. The van der Waals surface area contributed by atoms with Gasteiger partial charge >= 0.3 is 0 Å².